The maximum Gasteiger partial charge on any atom is 0.435 e. The minimum Gasteiger partial charge on any atom is -0.343 e. The maximum absolute atomic E-state index is 14.1. The molecule has 2 aromatic heterocycles. The number of hydrogen-bond donors (Lipinski definition) is 2. The number of aromatic nitrogens is 4. The fraction of sp³-hybridized carbons (Fsp3) is 0.345. The van der Waals surface area contributed by atoms with Crippen LogP contribution in [0, 0.1) is 23.0 Å². The first kappa shape index (κ1) is 28.3. The highest BCUT2D eigenvalue weighted by Gasteiger charge is 2.44. The van der Waals surface area contributed by atoms with Crippen LogP contribution in [-0.2, 0) is 31.9 Å². The fourth-order valence-electron chi connectivity index (χ4n) is 5.12. The van der Waals surface area contributed by atoms with E-state index in [2.05, 4.69) is 10.4 Å². The molecule has 41 heavy (non-hydrogen) atoms. The predicted octanol–water partition coefficient (Wildman–Crippen LogP) is 5.59. The van der Waals surface area contributed by atoms with Crippen molar-refractivity contribution in [1.82, 2.24) is 24.2 Å². The SMILES string of the molecule is CCn1cc(-c2cc(Cn3ccn(C)c3=N)cc(C(=O)NC(C)(c3ccc(F)c(F)c3)C3CC3)c2)c(C(F)(F)F)n1. The number of imidazole rings is 1. The van der Waals surface area contributed by atoms with Crippen molar-refractivity contribution in [2.45, 2.75) is 51.5 Å². The third kappa shape index (κ3) is 5.55. The number of hydrogen-bond acceptors (Lipinski definition) is 3. The third-order valence-electron chi connectivity index (χ3n) is 7.64. The number of halogens is 5. The topological polar surface area (TPSA) is 80.6 Å². The Balaban J connectivity index is 1.60. The van der Waals surface area contributed by atoms with Crippen molar-refractivity contribution in [3.05, 3.63) is 94.6 Å². The van der Waals surface area contributed by atoms with Crippen LogP contribution in [0.2, 0.25) is 0 Å². The van der Waals surface area contributed by atoms with Gasteiger partial charge in [-0.15, -0.1) is 0 Å². The zero-order valence-corrected chi connectivity index (χ0v) is 22.7. The quantitative estimate of drug-likeness (QED) is 0.270. The molecule has 1 aliphatic carbocycles. The van der Waals surface area contributed by atoms with Gasteiger partial charge in [-0.2, -0.15) is 18.3 Å². The van der Waals surface area contributed by atoms with Crippen LogP contribution in [0.15, 0.2) is 55.0 Å². The molecule has 12 heteroatoms. The second-order valence-electron chi connectivity index (χ2n) is 10.6. The van der Waals surface area contributed by atoms with E-state index in [0.29, 0.717) is 11.1 Å². The molecule has 1 aliphatic rings. The van der Waals surface area contributed by atoms with E-state index in [-0.39, 0.29) is 41.3 Å². The summed E-state index contributed by atoms with van der Waals surface area (Å²) < 4.78 is 74.1. The molecule has 0 aliphatic heterocycles. The maximum atomic E-state index is 14.1. The molecule has 7 nitrogen and oxygen atoms in total. The first-order valence-electron chi connectivity index (χ1n) is 13.1. The molecular formula is C29H29F5N6O. The number of nitrogens with one attached hydrogen (secondary N) is 2. The van der Waals surface area contributed by atoms with E-state index >= 15 is 0 Å². The molecule has 0 spiro atoms. The van der Waals surface area contributed by atoms with E-state index in [0.717, 1.165) is 25.0 Å². The number of benzene rings is 2. The Morgan fingerprint density at radius 3 is 2.41 bits per heavy atom. The van der Waals surface area contributed by atoms with E-state index in [1.165, 1.54) is 23.0 Å². The number of carbonyl (C=O) groups is 1. The highest BCUT2D eigenvalue weighted by molar-refractivity contribution is 5.96. The summed E-state index contributed by atoms with van der Waals surface area (Å²) in [6.07, 6.45) is 1.44. The first-order valence-corrected chi connectivity index (χ1v) is 13.1. The van der Waals surface area contributed by atoms with Gasteiger partial charge in [0.2, 0.25) is 5.62 Å². The van der Waals surface area contributed by atoms with Crippen LogP contribution in [0.1, 0.15) is 53.9 Å². The standard InChI is InChI=1S/C29H29F5N6O/c1-4-40-16-22(25(37-40)29(32,33)34)18-11-17(15-39-10-9-38(3)27(39)35)12-19(13-18)26(41)36-28(2,20-5-6-20)21-7-8-23(30)24(31)14-21/h7-14,16,20,35H,4-6,15H2,1-3H3,(H,36,41). The van der Waals surface area contributed by atoms with Crippen LogP contribution in [0.5, 0.6) is 0 Å². The van der Waals surface area contributed by atoms with E-state index < -0.39 is 35.0 Å². The van der Waals surface area contributed by atoms with Gasteiger partial charge in [0.25, 0.3) is 5.91 Å². The van der Waals surface area contributed by atoms with Crippen molar-refractivity contribution in [2.75, 3.05) is 0 Å². The largest absolute Gasteiger partial charge is 0.435 e. The molecule has 0 bridgehead atoms. The third-order valence-corrected chi connectivity index (χ3v) is 7.64. The monoisotopic (exact) mass is 572 g/mol. The number of alkyl halides is 3. The summed E-state index contributed by atoms with van der Waals surface area (Å²) in [5, 5.41) is 14.9. The van der Waals surface area contributed by atoms with E-state index in [4.69, 9.17) is 5.41 Å². The average Bonchev–Trinajstić information content (AvgIpc) is 3.62. The lowest BCUT2D eigenvalue weighted by atomic mass is 9.86. The summed E-state index contributed by atoms with van der Waals surface area (Å²) in [5.41, 5.74) is -0.992. The lowest BCUT2D eigenvalue weighted by molar-refractivity contribution is -0.141. The summed E-state index contributed by atoms with van der Waals surface area (Å²) >= 11 is 0. The van der Waals surface area contributed by atoms with Gasteiger partial charge in [-0.1, -0.05) is 6.07 Å². The molecule has 2 aromatic carbocycles. The average molecular weight is 573 g/mol. The van der Waals surface area contributed by atoms with Crippen molar-refractivity contribution in [1.29, 1.82) is 5.41 Å². The summed E-state index contributed by atoms with van der Waals surface area (Å²) in [4.78, 5) is 13.8. The van der Waals surface area contributed by atoms with Gasteiger partial charge in [0, 0.05) is 43.3 Å². The number of rotatable bonds is 8. The predicted molar refractivity (Wildman–Crippen MR) is 141 cm³/mol. The smallest absolute Gasteiger partial charge is 0.343 e. The Morgan fingerprint density at radius 1 is 1.10 bits per heavy atom. The molecule has 1 atom stereocenters. The first-order chi connectivity index (χ1) is 19.3. The Morgan fingerprint density at radius 2 is 1.83 bits per heavy atom. The lowest BCUT2D eigenvalue weighted by Crippen LogP contribution is -2.45. The normalized spacial score (nSPS) is 15.1. The molecule has 1 saturated carbocycles. The van der Waals surface area contributed by atoms with Crippen molar-refractivity contribution in [3.63, 3.8) is 0 Å². The summed E-state index contributed by atoms with van der Waals surface area (Å²) in [6, 6.07) is 7.99. The molecule has 1 unspecified atom stereocenters. The van der Waals surface area contributed by atoms with Crippen LogP contribution >= 0.6 is 0 Å². The number of carbonyl (C=O) groups excluding carboxylic acids is 1. The Kier molecular flexibility index (Phi) is 7.12. The van der Waals surface area contributed by atoms with Crippen LogP contribution in [0.4, 0.5) is 22.0 Å². The van der Waals surface area contributed by atoms with Crippen molar-refractivity contribution in [3.8, 4) is 11.1 Å². The molecular weight excluding hydrogens is 543 g/mol. The highest BCUT2D eigenvalue weighted by atomic mass is 19.4. The van der Waals surface area contributed by atoms with Gasteiger partial charge in [0.15, 0.2) is 17.3 Å². The minimum absolute atomic E-state index is 0.0238. The van der Waals surface area contributed by atoms with Crippen molar-refractivity contribution in [2.24, 2.45) is 13.0 Å². The Labute approximate surface area is 232 Å². The van der Waals surface area contributed by atoms with E-state index in [1.807, 2.05) is 0 Å². The molecule has 1 fully saturated rings. The lowest BCUT2D eigenvalue weighted by Gasteiger charge is -2.32. The van der Waals surface area contributed by atoms with Gasteiger partial charge in [-0.3, -0.25) is 14.9 Å². The van der Waals surface area contributed by atoms with Gasteiger partial charge in [0.1, 0.15) is 0 Å². The second-order valence-corrected chi connectivity index (χ2v) is 10.6. The minimum atomic E-state index is -4.73. The summed E-state index contributed by atoms with van der Waals surface area (Å²) in [6.45, 7) is 3.75. The number of aryl methyl sites for hydroxylation is 2. The van der Waals surface area contributed by atoms with Crippen LogP contribution in [0.25, 0.3) is 11.1 Å². The number of nitrogens with zero attached hydrogens (tertiary/aromatic N) is 4. The molecule has 2 N–H and O–H groups in total. The van der Waals surface area contributed by atoms with Crippen molar-refractivity contribution >= 4 is 5.91 Å². The van der Waals surface area contributed by atoms with Crippen LogP contribution in [0.3, 0.4) is 0 Å². The second kappa shape index (κ2) is 10.3. The van der Waals surface area contributed by atoms with Gasteiger partial charge in [0.05, 0.1) is 12.1 Å². The van der Waals surface area contributed by atoms with Gasteiger partial charge < -0.3 is 14.5 Å². The molecule has 5 rings (SSSR count). The molecule has 216 valence electrons. The fourth-order valence-corrected chi connectivity index (χ4v) is 5.12. The van der Waals surface area contributed by atoms with Gasteiger partial charge in [-0.05, 0) is 79.6 Å². The van der Waals surface area contributed by atoms with Crippen LogP contribution < -0.4 is 10.9 Å². The van der Waals surface area contributed by atoms with Crippen molar-refractivity contribution < 1.29 is 26.7 Å². The zero-order valence-electron chi connectivity index (χ0n) is 22.7. The van der Waals surface area contributed by atoms with Gasteiger partial charge >= 0.3 is 6.18 Å². The molecule has 0 saturated heterocycles. The van der Waals surface area contributed by atoms with E-state index in [1.54, 1.807) is 54.6 Å². The highest BCUT2D eigenvalue weighted by Crippen LogP contribution is 2.46. The van der Waals surface area contributed by atoms with Gasteiger partial charge in [-0.25, -0.2) is 8.78 Å². The molecule has 0 radical (unpaired) electrons. The zero-order chi connectivity index (χ0) is 29.7. The molecule has 1 amide bonds. The molecule has 2 heterocycles. The summed E-state index contributed by atoms with van der Waals surface area (Å²) in [5.74, 6) is -2.64. The number of amides is 1. The Hall–Kier alpha value is -4.22. The van der Waals surface area contributed by atoms with E-state index in [9.17, 15) is 26.7 Å². The molecule has 4 aromatic rings. The Bertz CT molecular complexity index is 1680. The van der Waals surface area contributed by atoms with Crippen LogP contribution in [-0.4, -0.2) is 24.8 Å². The summed E-state index contributed by atoms with van der Waals surface area (Å²) in [7, 11) is 1.69.